The van der Waals surface area contributed by atoms with Gasteiger partial charge in [0.25, 0.3) is 11.8 Å². The highest BCUT2D eigenvalue weighted by Crippen LogP contribution is 2.37. The van der Waals surface area contributed by atoms with Crippen molar-refractivity contribution in [2.45, 2.75) is 194 Å². The lowest BCUT2D eigenvalue weighted by Gasteiger charge is -2.34. The maximum Gasteiger partial charge on any atom is 0.274 e. The number of fused-ring (bicyclic) bond motifs is 6. The summed E-state index contributed by atoms with van der Waals surface area (Å²) in [6.45, 7) is 16.3. The van der Waals surface area contributed by atoms with Gasteiger partial charge in [0.05, 0.1) is 74.8 Å². The molecule has 10 aliphatic heterocycles. The molecule has 32 nitrogen and oxygen atoms in total. The Kier molecular flexibility index (Phi) is 21.9. The van der Waals surface area contributed by atoms with Crippen LogP contribution in [0.1, 0.15) is 154 Å². The molecule has 1 saturated carbocycles. The highest BCUT2D eigenvalue weighted by atomic mass is 32.2. The first-order chi connectivity index (χ1) is 52.4. The van der Waals surface area contributed by atoms with Crippen molar-refractivity contribution in [1.82, 2.24) is 83.0 Å². The van der Waals surface area contributed by atoms with Crippen LogP contribution in [0.4, 0.5) is 35.3 Å². The molecule has 0 aromatic carbocycles. The van der Waals surface area contributed by atoms with Crippen molar-refractivity contribution in [2.24, 2.45) is 7.05 Å². The van der Waals surface area contributed by atoms with Crippen LogP contribution in [0.2, 0.25) is 0 Å². The van der Waals surface area contributed by atoms with E-state index < -0.39 is 32.4 Å². The number of rotatable bonds is 17. The molecular formula is C73H99N23O9S3. The van der Waals surface area contributed by atoms with Gasteiger partial charge in [-0.15, -0.1) is 0 Å². The van der Waals surface area contributed by atoms with E-state index in [1.165, 1.54) is 0 Å². The summed E-state index contributed by atoms with van der Waals surface area (Å²) in [6, 6.07) is 1.39. The Hall–Kier alpha value is -8.22. The van der Waals surface area contributed by atoms with Gasteiger partial charge >= 0.3 is 0 Å². The zero-order chi connectivity index (χ0) is 74.4. The maximum atomic E-state index is 13.2. The highest BCUT2D eigenvalue weighted by molar-refractivity contribution is 7.86. The molecule has 4 saturated heterocycles. The number of aromatic nitrogens is 14. The van der Waals surface area contributed by atoms with E-state index in [1.807, 2.05) is 68.1 Å². The molecule has 0 bridgehead atoms. The van der Waals surface area contributed by atoms with Gasteiger partial charge in [0.1, 0.15) is 66.7 Å². The summed E-state index contributed by atoms with van der Waals surface area (Å²) in [6.07, 6.45) is 18.4. The number of imidazole rings is 3. The van der Waals surface area contributed by atoms with Gasteiger partial charge in [0.2, 0.25) is 17.8 Å². The zero-order valence-electron chi connectivity index (χ0n) is 62.7. The topological polar surface area (TPSA) is 334 Å². The van der Waals surface area contributed by atoms with E-state index in [4.69, 9.17) is 54.1 Å². The number of nitrogens with one attached hydrogen (secondary N) is 3. The monoisotopic (exact) mass is 1540 g/mol. The Balaban J connectivity index is 0.000000124. The van der Waals surface area contributed by atoms with E-state index in [0.29, 0.717) is 147 Å². The quantitative estimate of drug-likeness (QED) is 0.106. The number of hydrogen-bond acceptors (Lipinski definition) is 26. The molecule has 578 valence electrons. The molecule has 11 aliphatic rings. The van der Waals surface area contributed by atoms with E-state index in [1.54, 1.807) is 0 Å². The molecule has 7 aromatic heterocycles. The first-order valence-corrected chi connectivity index (χ1v) is 42.4. The molecule has 35 heteroatoms. The van der Waals surface area contributed by atoms with Crippen LogP contribution < -0.4 is 30.7 Å². The number of nitrogens with zero attached hydrogens (tertiary/aromatic N) is 20. The molecule has 1 aliphatic carbocycles. The predicted octanol–water partition coefficient (Wildman–Crippen LogP) is 4.41. The molecule has 0 spiro atoms. The SMILES string of the molecule is CN(C(=O)c1cn2c(n1)CN(c1nc3c(c(NC4CCOCC4)n1)S(=O)CC3)CC2)C1CC1.CN1CCC(N(C)C(=O)c2cn3c(n2)CN(c2nc4c(c(NC5CCOCC5)n2)S(=O)CC4)CC3)CC1.Cc1nn(C)c(C)c1CCC(=O)c1cn2c(n1)CN(c1nc3c(c(NC4CCOCC4)n1)S(=O)CC3)CC2. The Bertz CT molecular complexity index is 4610. The third-order valence-electron chi connectivity index (χ3n) is 22.9. The van der Waals surface area contributed by atoms with E-state index in [2.05, 4.69) is 66.4 Å². The minimum Gasteiger partial charge on any atom is -0.381 e. The second kappa shape index (κ2) is 32.0. The largest absolute Gasteiger partial charge is 0.381 e. The minimum atomic E-state index is -1.08. The summed E-state index contributed by atoms with van der Waals surface area (Å²) in [7, 11) is 4.60. The lowest BCUT2D eigenvalue weighted by atomic mass is 10.0. The second-order valence-corrected chi connectivity index (χ2v) is 34.7. The van der Waals surface area contributed by atoms with Crippen molar-refractivity contribution < 1.29 is 41.2 Å². The van der Waals surface area contributed by atoms with Gasteiger partial charge in [-0.3, -0.25) is 31.7 Å². The van der Waals surface area contributed by atoms with Crippen LogP contribution in [0, 0.1) is 13.8 Å². The molecule has 18 rings (SSSR count). The predicted molar refractivity (Wildman–Crippen MR) is 406 cm³/mol. The molecule has 3 unspecified atom stereocenters. The van der Waals surface area contributed by atoms with Crippen molar-refractivity contribution in [3.05, 3.63) is 87.2 Å². The summed E-state index contributed by atoms with van der Waals surface area (Å²) >= 11 is 0. The minimum absolute atomic E-state index is 0.00911. The number of aryl methyl sites for hydroxylation is 5. The van der Waals surface area contributed by atoms with Crippen LogP contribution in [0.3, 0.4) is 0 Å². The number of amides is 2. The maximum absolute atomic E-state index is 13.2. The van der Waals surface area contributed by atoms with E-state index in [-0.39, 0.29) is 41.8 Å². The summed E-state index contributed by atoms with van der Waals surface area (Å²) in [5.41, 5.74) is 7.35. The Morgan fingerprint density at radius 3 is 1.19 bits per heavy atom. The third kappa shape index (κ3) is 15.9. The fourth-order valence-electron chi connectivity index (χ4n) is 16.1. The average molecular weight is 1540 g/mol. The van der Waals surface area contributed by atoms with Gasteiger partial charge in [-0.25, -0.2) is 29.9 Å². The van der Waals surface area contributed by atoms with Gasteiger partial charge in [-0.1, -0.05) is 0 Å². The van der Waals surface area contributed by atoms with Gasteiger partial charge < -0.3 is 73.3 Å². The van der Waals surface area contributed by atoms with Gasteiger partial charge in [0, 0.05) is 197 Å². The van der Waals surface area contributed by atoms with Gasteiger partial charge in [-0.05, 0) is 110 Å². The van der Waals surface area contributed by atoms with Crippen LogP contribution in [0.5, 0.6) is 0 Å². The number of anilines is 6. The van der Waals surface area contributed by atoms with Crippen LogP contribution in [0.25, 0.3) is 0 Å². The van der Waals surface area contributed by atoms with Gasteiger partial charge in [0.15, 0.2) is 5.78 Å². The standard InChI is InChI=1S/C26H34N8O3S.C25H36N8O3S.C22H29N7O3S/c1-16-19(17(2)32(3)31-16)4-5-22(35)21-14-33-9-10-34(15-23(33)28-21)26-29-20-8-13-38(36)24(20)25(30-26)27-18-6-11-37-12-7-18;1-30-8-3-18(4-9-30)31(2)24(34)20-15-32-10-11-33(16-21(32)27-20)25-28-19-7-14-37(35)22(19)23(29-25)26-17-5-12-36-13-6-17;1-27(15-2-3-15)21(30)17-12-28-7-8-29(13-18(28)24-17)22-25-16-6-11-33(31)19(16)20(26-22)23-14-4-9-32-10-5-14/h14,18H,4-13,15H2,1-3H3,(H,27,29,30);15,17-18H,3-14,16H2,1-2H3,(H,26,28,29);12,14-15H,2-11,13H2,1H3,(H,23,25,26). The summed E-state index contributed by atoms with van der Waals surface area (Å²) in [4.78, 5) is 96.8. The number of carbonyl (C=O) groups excluding carboxylic acids is 3. The number of Topliss-reactive ketones (excluding diaryl/α,β-unsaturated/α-hetero) is 1. The number of hydrogen-bond donors (Lipinski definition) is 3. The Morgan fingerprint density at radius 2 is 0.833 bits per heavy atom. The Morgan fingerprint density at radius 1 is 0.472 bits per heavy atom. The van der Waals surface area contributed by atoms with Crippen molar-refractivity contribution in [3.63, 3.8) is 0 Å². The molecule has 2 amide bonds. The number of ketones is 1. The molecule has 3 N–H and O–H groups in total. The fraction of sp³-hybridized carbons (Fsp3) is 0.630. The van der Waals surface area contributed by atoms with Gasteiger partial charge in [-0.2, -0.15) is 20.1 Å². The van der Waals surface area contributed by atoms with Crippen molar-refractivity contribution in [3.8, 4) is 0 Å². The smallest absolute Gasteiger partial charge is 0.274 e. The molecule has 0 radical (unpaired) electrons. The van der Waals surface area contributed by atoms with Crippen molar-refractivity contribution in [1.29, 1.82) is 0 Å². The number of carbonyl (C=O) groups is 3. The van der Waals surface area contributed by atoms with Crippen molar-refractivity contribution in [2.75, 3.05) is 141 Å². The fourth-order valence-corrected chi connectivity index (χ4v) is 20.0. The highest BCUT2D eigenvalue weighted by Gasteiger charge is 2.37. The summed E-state index contributed by atoms with van der Waals surface area (Å²) in [5.74, 6) is 8.32. The average Bonchev–Trinajstić information content (AvgIpc) is 1.58. The summed E-state index contributed by atoms with van der Waals surface area (Å²) in [5, 5.41) is 15.1. The number of likely N-dealkylation sites (tertiary alicyclic amines) is 1. The van der Waals surface area contributed by atoms with Crippen LogP contribution in [-0.4, -0.2) is 254 Å². The molecule has 108 heavy (non-hydrogen) atoms. The first-order valence-electron chi connectivity index (χ1n) is 38.5. The first kappa shape index (κ1) is 73.9. The van der Waals surface area contributed by atoms with Crippen molar-refractivity contribution >= 4 is 85.3 Å². The molecule has 3 atom stereocenters. The van der Waals surface area contributed by atoms with Crippen LogP contribution in [-0.2, 0) is 119 Å². The second-order valence-electron chi connectivity index (χ2n) is 30.2. The van der Waals surface area contributed by atoms with E-state index >= 15 is 0 Å². The third-order valence-corrected chi connectivity index (χ3v) is 27.3. The number of ether oxygens (including phenoxy) is 3. The van der Waals surface area contributed by atoms with Crippen LogP contribution >= 0.6 is 0 Å². The molecule has 17 heterocycles. The lowest BCUT2D eigenvalue weighted by molar-refractivity contribution is 0.0653. The van der Waals surface area contributed by atoms with E-state index in [9.17, 15) is 27.0 Å². The summed E-state index contributed by atoms with van der Waals surface area (Å²) < 4.78 is 62.7. The lowest BCUT2D eigenvalue weighted by Crippen LogP contribution is -2.44. The number of piperidine rings is 1. The Labute approximate surface area is 636 Å². The van der Waals surface area contributed by atoms with E-state index in [0.717, 1.165) is 203 Å². The molecule has 5 fully saturated rings. The zero-order valence-corrected chi connectivity index (χ0v) is 65.2. The molecular weight excluding hydrogens is 1440 g/mol. The molecule has 7 aromatic rings. The van der Waals surface area contributed by atoms with Crippen LogP contribution in [0.15, 0.2) is 33.3 Å². The normalized spacial score (nSPS) is 21.7.